The van der Waals surface area contributed by atoms with Crippen LogP contribution in [0.2, 0.25) is 0 Å². The van der Waals surface area contributed by atoms with Crippen molar-refractivity contribution in [3.8, 4) is 11.1 Å². The highest BCUT2D eigenvalue weighted by Crippen LogP contribution is 2.39. The standard InChI is InChI=1S/C25H24N2O3/c1-15-6-8-18(9-7-15)24-17(3)22-14-27(25(30)19-5-4-10-26-12-19)13-21(22)16(2)20(24)11-23(28)29/h4-10,12H,11,13-14H2,1-3H3,(H,28,29). The highest BCUT2D eigenvalue weighted by Gasteiger charge is 2.30. The molecule has 0 unspecified atom stereocenters. The van der Waals surface area contributed by atoms with Gasteiger partial charge in [-0.3, -0.25) is 14.6 Å². The van der Waals surface area contributed by atoms with Gasteiger partial charge in [0.25, 0.3) is 5.91 Å². The minimum Gasteiger partial charge on any atom is -0.481 e. The van der Waals surface area contributed by atoms with Crippen molar-refractivity contribution in [3.63, 3.8) is 0 Å². The van der Waals surface area contributed by atoms with Crippen molar-refractivity contribution in [3.05, 3.63) is 87.7 Å². The second-order valence-corrected chi connectivity index (χ2v) is 7.90. The molecule has 2 aromatic carbocycles. The van der Waals surface area contributed by atoms with Gasteiger partial charge >= 0.3 is 5.97 Å². The van der Waals surface area contributed by atoms with Gasteiger partial charge in [-0.2, -0.15) is 0 Å². The largest absolute Gasteiger partial charge is 0.481 e. The Morgan fingerprint density at radius 2 is 1.67 bits per heavy atom. The van der Waals surface area contributed by atoms with Crippen LogP contribution < -0.4 is 0 Å². The highest BCUT2D eigenvalue weighted by atomic mass is 16.4. The molecule has 1 aliphatic rings. The number of aliphatic carboxylic acids is 1. The molecule has 1 aromatic heterocycles. The van der Waals surface area contributed by atoms with Gasteiger partial charge in [-0.05, 0) is 71.8 Å². The summed E-state index contributed by atoms with van der Waals surface area (Å²) in [7, 11) is 0. The number of carbonyl (C=O) groups excluding carboxylic acids is 1. The molecule has 152 valence electrons. The fourth-order valence-electron chi connectivity index (χ4n) is 4.36. The first-order valence-corrected chi connectivity index (χ1v) is 9.98. The molecule has 5 nitrogen and oxygen atoms in total. The summed E-state index contributed by atoms with van der Waals surface area (Å²) in [6.45, 7) is 7.05. The normalized spacial score (nSPS) is 12.7. The summed E-state index contributed by atoms with van der Waals surface area (Å²) in [4.78, 5) is 30.5. The quantitative estimate of drug-likeness (QED) is 0.702. The molecule has 5 heteroatoms. The maximum atomic E-state index is 13.0. The second-order valence-electron chi connectivity index (χ2n) is 7.90. The third-order valence-corrected chi connectivity index (χ3v) is 5.96. The monoisotopic (exact) mass is 400 g/mol. The van der Waals surface area contributed by atoms with E-state index in [4.69, 9.17) is 0 Å². The van der Waals surface area contributed by atoms with Crippen LogP contribution in [0, 0.1) is 20.8 Å². The number of rotatable bonds is 4. The van der Waals surface area contributed by atoms with Gasteiger partial charge in [0.05, 0.1) is 12.0 Å². The molecular formula is C25H24N2O3. The van der Waals surface area contributed by atoms with E-state index in [1.165, 1.54) is 0 Å². The summed E-state index contributed by atoms with van der Waals surface area (Å²) < 4.78 is 0. The first-order chi connectivity index (χ1) is 14.4. The summed E-state index contributed by atoms with van der Waals surface area (Å²) >= 11 is 0. The van der Waals surface area contributed by atoms with Gasteiger partial charge in [-0.15, -0.1) is 0 Å². The fourth-order valence-corrected chi connectivity index (χ4v) is 4.36. The molecule has 0 radical (unpaired) electrons. The van der Waals surface area contributed by atoms with E-state index in [-0.39, 0.29) is 12.3 Å². The zero-order valence-electron chi connectivity index (χ0n) is 17.4. The molecule has 0 saturated heterocycles. The summed E-state index contributed by atoms with van der Waals surface area (Å²) in [6.07, 6.45) is 3.19. The van der Waals surface area contributed by atoms with Crippen LogP contribution in [0.5, 0.6) is 0 Å². The molecule has 0 spiro atoms. The Morgan fingerprint density at radius 1 is 1.00 bits per heavy atom. The van der Waals surface area contributed by atoms with Crippen LogP contribution in [-0.2, 0) is 24.3 Å². The van der Waals surface area contributed by atoms with E-state index in [0.29, 0.717) is 18.7 Å². The molecule has 0 fully saturated rings. The smallest absolute Gasteiger partial charge is 0.307 e. The van der Waals surface area contributed by atoms with Crippen LogP contribution in [0.1, 0.15) is 43.7 Å². The molecule has 1 amide bonds. The van der Waals surface area contributed by atoms with Crippen LogP contribution in [0.4, 0.5) is 0 Å². The molecule has 4 rings (SSSR count). The van der Waals surface area contributed by atoms with Gasteiger partial charge in [0.2, 0.25) is 0 Å². The lowest BCUT2D eigenvalue weighted by Gasteiger charge is -2.19. The Hall–Kier alpha value is -3.47. The van der Waals surface area contributed by atoms with E-state index in [1.807, 2.05) is 49.9 Å². The molecule has 0 bridgehead atoms. The van der Waals surface area contributed by atoms with Crippen molar-refractivity contribution >= 4 is 11.9 Å². The zero-order chi connectivity index (χ0) is 21.4. The van der Waals surface area contributed by atoms with Gasteiger partial charge < -0.3 is 10.0 Å². The summed E-state index contributed by atoms with van der Waals surface area (Å²) in [5.41, 5.74) is 8.74. The predicted octanol–water partition coefficient (Wildman–Crippen LogP) is 4.46. The number of hydrogen-bond acceptors (Lipinski definition) is 3. The van der Waals surface area contributed by atoms with E-state index < -0.39 is 5.97 Å². The van der Waals surface area contributed by atoms with Gasteiger partial charge in [-0.25, -0.2) is 0 Å². The van der Waals surface area contributed by atoms with Crippen LogP contribution in [0.3, 0.4) is 0 Å². The summed E-state index contributed by atoms with van der Waals surface area (Å²) in [5, 5.41) is 9.56. The Kier molecular flexibility index (Phi) is 5.12. The molecule has 3 aromatic rings. The lowest BCUT2D eigenvalue weighted by molar-refractivity contribution is -0.136. The number of aromatic nitrogens is 1. The van der Waals surface area contributed by atoms with Gasteiger partial charge in [0.1, 0.15) is 0 Å². The van der Waals surface area contributed by atoms with E-state index >= 15 is 0 Å². The average Bonchev–Trinajstić information content (AvgIpc) is 3.19. The van der Waals surface area contributed by atoms with Crippen LogP contribution in [0.25, 0.3) is 11.1 Å². The first kappa shape index (κ1) is 19.8. The fraction of sp³-hybridized carbons (Fsp3) is 0.240. The van der Waals surface area contributed by atoms with Crippen molar-refractivity contribution in [2.24, 2.45) is 0 Å². The molecule has 1 N–H and O–H groups in total. The first-order valence-electron chi connectivity index (χ1n) is 9.98. The van der Waals surface area contributed by atoms with Gasteiger partial charge in [0.15, 0.2) is 0 Å². The number of hydrogen-bond donors (Lipinski definition) is 1. The molecule has 30 heavy (non-hydrogen) atoms. The molecule has 0 atom stereocenters. The molecule has 1 aliphatic heterocycles. The van der Waals surface area contributed by atoms with E-state index in [2.05, 4.69) is 4.98 Å². The molecular weight excluding hydrogens is 376 g/mol. The molecule has 0 aliphatic carbocycles. The van der Waals surface area contributed by atoms with Crippen molar-refractivity contribution in [1.82, 2.24) is 9.88 Å². The van der Waals surface area contributed by atoms with Crippen molar-refractivity contribution in [2.75, 3.05) is 0 Å². The molecule has 2 heterocycles. The number of carbonyl (C=O) groups is 2. The predicted molar refractivity (Wildman–Crippen MR) is 115 cm³/mol. The minimum atomic E-state index is -0.855. The number of aryl methyl sites for hydroxylation is 1. The highest BCUT2D eigenvalue weighted by molar-refractivity contribution is 5.94. The second kappa shape index (κ2) is 7.75. The van der Waals surface area contributed by atoms with Gasteiger partial charge in [-0.1, -0.05) is 29.8 Å². The van der Waals surface area contributed by atoms with Crippen molar-refractivity contribution in [1.29, 1.82) is 0 Å². The van der Waals surface area contributed by atoms with Crippen molar-refractivity contribution in [2.45, 2.75) is 40.3 Å². The van der Waals surface area contributed by atoms with Crippen LogP contribution in [0.15, 0.2) is 48.8 Å². The minimum absolute atomic E-state index is 0.0419. The maximum absolute atomic E-state index is 13.0. The number of benzene rings is 2. The number of fused-ring (bicyclic) bond motifs is 1. The summed E-state index contributed by atoms with van der Waals surface area (Å²) in [6, 6.07) is 11.7. The zero-order valence-corrected chi connectivity index (χ0v) is 17.4. The Balaban J connectivity index is 1.82. The number of pyridine rings is 1. The lowest BCUT2D eigenvalue weighted by Crippen LogP contribution is -2.25. The topological polar surface area (TPSA) is 70.5 Å². The van der Waals surface area contributed by atoms with E-state index in [1.54, 1.807) is 24.5 Å². The SMILES string of the molecule is Cc1ccc(-c2c(C)c3c(c(C)c2CC(=O)O)CN(C(=O)c2cccnc2)C3)cc1. The Labute approximate surface area is 176 Å². The lowest BCUT2D eigenvalue weighted by atomic mass is 9.84. The number of carboxylic acids is 1. The third-order valence-electron chi connectivity index (χ3n) is 5.96. The van der Waals surface area contributed by atoms with Crippen LogP contribution in [-0.4, -0.2) is 26.9 Å². The average molecular weight is 400 g/mol. The maximum Gasteiger partial charge on any atom is 0.307 e. The number of nitrogens with zero attached hydrogens (tertiary/aromatic N) is 2. The van der Waals surface area contributed by atoms with Gasteiger partial charge in [0, 0.05) is 25.5 Å². The Bertz CT molecular complexity index is 1140. The van der Waals surface area contributed by atoms with E-state index in [0.717, 1.165) is 44.5 Å². The van der Waals surface area contributed by atoms with E-state index in [9.17, 15) is 14.7 Å². The Morgan fingerprint density at radius 3 is 2.27 bits per heavy atom. The molecule has 0 saturated carbocycles. The summed E-state index contributed by atoms with van der Waals surface area (Å²) in [5.74, 6) is -0.915. The number of carboxylic acid groups (broad SMARTS) is 1. The number of amides is 1. The van der Waals surface area contributed by atoms with Crippen LogP contribution >= 0.6 is 0 Å². The third kappa shape index (κ3) is 3.47. The van der Waals surface area contributed by atoms with Crippen molar-refractivity contribution < 1.29 is 14.7 Å².